The van der Waals surface area contributed by atoms with Crippen molar-refractivity contribution in [2.75, 3.05) is 5.32 Å². The third kappa shape index (κ3) is 3.39. The number of nitrogens with one attached hydrogen (secondary N) is 1. The van der Waals surface area contributed by atoms with Crippen molar-refractivity contribution in [1.82, 2.24) is 19.5 Å². The lowest BCUT2D eigenvalue weighted by Gasteiger charge is -2.10. The van der Waals surface area contributed by atoms with Gasteiger partial charge in [-0.05, 0) is 30.5 Å². The Balaban J connectivity index is 1.78. The number of alkyl halides is 3. The molecule has 1 fully saturated rings. The monoisotopic (exact) mass is 367 g/mol. The Morgan fingerprint density at radius 1 is 1.16 bits per heavy atom. The molecule has 1 aliphatic rings. The van der Waals surface area contributed by atoms with Crippen LogP contribution in [0, 0.1) is 0 Å². The van der Waals surface area contributed by atoms with Crippen LogP contribution in [0.15, 0.2) is 30.6 Å². The van der Waals surface area contributed by atoms with Crippen molar-refractivity contribution < 1.29 is 13.2 Å². The second-order valence-corrected chi connectivity index (χ2v) is 6.42. The zero-order valence-electron chi connectivity index (χ0n) is 12.9. The van der Waals surface area contributed by atoms with E-state index in [1.807, 2.05) is 12.1 Å². The quantitative estimate of drug-likeness (QED) is 0.753. The number of aromatic nitrogens is 4. The van der Waals surface area contributed by atoms with Crippen LogP contribution in [0.4, 0.5) is 19.0 Å². The van der Waals surface area contributed by atoms with Crippen LogP contribution in [-0.4, -0.2) is 25.6 Å². The second kappa shape index (κ2) is 5.87. The van der Waals surface area contributed by atoms with Crippen LogP contribution in [0.2, 0.25) is 5.02 Å². The standard InChI is InChI=1S/C16H13ClF3N5/c17-10-3-1-9(2-4-10)7-25-8-21-12-13(22-11-5-6-11)23-15(16(18,19)20)24-14(12)25/h1-4,8,11H,5-7H2,(H,22,23,24). The van der Waals surface area contributed by atoms with E-state index in [0.29, 0.717) is 17.1 Å². The molecule has 0 aliphatic heterocycles. The number of imidazole rings is 1. The first kappa shape index (κ1) is 16.1. The summed E-state index contributed by atoms with van der Waals surface area (Å²) in [5, 5.41) is 3.61. The minimum absolute atomic E-state index is 0.134. The van der Waals surface area contributed by atoms with Gasteiger partial charge in [-0.1, -0.05) is 23.7 Å². The van der Waals surface area contributed by atoms with Gasteiger partial charge in [0.2, 0.25) is 5.82 Å². The highest BCUT2D eigenvalue weighted by molar-refractivity contribution is 6.30. The molecule has 0 unspecified atom stereocenters. The van der Waals surface area contributed by atoms with E-state index in [1.165, 1.54) is 6.33 Å². The summed E-state index contributed by atoms with van der Waals surface area (Å²) in [6.07, 6.45) is -1.31. The molecule has 9 heteroatoms. The van der Waals surface area contributed by atoms with E-state index in [4.69, 9.17) is 11.6 Å². The summed E-state index contributed by atoms with van der Waals surface area (Å²) in [4.78, 5) is 11.6. The van der Waals surface area contributed by atoms with Crippen molar-refractivity contribution in [1.29, 1.82) is 0 Å². The zero-order chi connectivity index (χ0) is 17.6. The van der Waals surface area contributed by atoms with Crippen LogP contribution in [0.3, 0.4) is 0 Å². The van der Waals surface area contributed by atoms with Gasteiger partial charge in [0, 0.05) is 11.1 Å². The van der Waals surface area contributed by atoms with E-state index >= 15 is 0 Å². The van der Waals surface area contributed by atoms with E-state index < -0.39 is 12.0 Å². The van der Waals surface area contributed by atoms with Gasteiger partial charge in [-0.25, -0.2) is 15.0 Å². The molecule has 3 aromatic rings. The number of rotatable bonds is 4. The molecular weight excluding hydrogens is 355 g/mol. The molecule has 1 N–H and O–H groups in total. The highest BCUT2D eigenvalue weighted by Crippen LogP contribution is 2.32. The summed E-state index contributed by atoms with van der Waals surface area (Å²) in [6.45, 7) is 0.338. The molecular formula is C16H13ClF3N5. The Kier molecular flexibility index (Phi) is 3.79. The Morgan fingerprint density at radius 2 is 1.88 bits per heavy atom. The Labute approximate surface area is 145 Å². The van der Waals surface area contributed by atoms with Gasteiger partial charge in [0.05, 0.1) is 12.9 Å². The summed E-state index contributed by atoms with van der Waals surface area (Å²) in [7, 11) is 0. The molecule has 130 valence electrons. The molecule has 1 aliphatic carbocycles. The minimum Gasteiger partial charge on any atom is -0.365 e. The third-order valence-corrected chi connectivity index (χ3v) is 4.15. The lowest BCUT2D eigenvalue weighted by Crippen LogP contribution is -2.15. The van der Waals surface area contributed by atoms with Crippen molar-refractivity contribution in [2.45, 2.75) is 31.6 Å². The van der Waals surface area contributed by atoms with Gasteiger partial charge >= 0.3 is 6.18 Å². The first-order chi connectivity index (χ1) is 11.9. The predicted molar refractivity (Wildman–Crippen MR) is 87.5 cm³/mol. The van der Waals surface area contributed by atoms with Gasteiger partial charge in [0.1, 0.15) is 5.52 Å². The molecule has 0 saturated heterocycles. The smallest absolute Gasteiger partial charge is 0.365 e. The van der Waals surface area contributed by atoms with Gasteiger partial charge in [0.15, 0.2) is 11.5 Å². The molecule has 1 saturated carbocycles. The summed E-state index contributed by atoms with van der Waals surface area (Å²) < 4.78 is 41.1. The molecule has 2 heterocycles. The molecule has 0 atom stereocenters. The highest BCUT2D eigenvalue weighted by atomic mass is 35.5. The van der Waals surface area contributed by atoms with E-state index in [1.54, 1.807) is 16.7 Å². The summed E-state index contributed by atoms with van der Waals surface area (Å²) in [5.74, 6) is -1.03. The fourth-order valence-corrected chi connectivity index (χ4v) is 2.62. The lowest BCUT2D eigenvalue weighted by atomic mass is 10.2. The maximum Gasteiger partial charge on any atom is 0.451 e. The van der Waals surface area contributed by atoms with Crippen LogP contribution in [-0.2, 0) is 12.7 Å². The first-order valence-electron chi connectivity index (χ1n) is 7.71. The summed E-state index contributed by atoms with van der Waals surface area (Å²) in [5.41, 5.74) is 1.38. The minimum atomic E-state index is -4.62. The fraction of sp³-hybridized carbons (Fsp3) is 0.312. The molecule has 5 nitrogen and oxygen atoms in total. The molecule has 1 aromatic carbocycles. The second-order valence-electron chi connectivity index (χ2n) is 5.98. The topological polar surface area (TPSA) is 55.6 Å². The van der Waals surface area contributed by atoms with Crippen molar-refractivity contribution in [3.8, 4) is 0 Å². The van der Waals surface area contributed by atoms with Crippen molar-refractivity contribution >= 4 is 28.6 Å². The molecule has 0 spiro atoms. The summed E-state index contributed by atoms with van der Waals surface area (Å²) in [6, 6.07) is 7.23. The van der Waals surface area contributed by atoms with Gasteiger partial charge < -0.3 is 9.88 Å². The van der Waals surface area contributed by atoms with Crippen molar-refractivity contribution in [3.63, 3.8) is 0 Å². The lowest BCUT2D eigenvalue weighted by molar-refractivity contribution is -0.144. The van der Waals surface area contributed by atoms with Crippen LogP contribution >= 0.6 is 11.6 Å². The third-order valence-electron chi connectivity index (χ3n) is 3.90. The Bertz CT molecular complexity index is 916. The number of anilines is 1. The van der Waals surface area contributed by atoms with Gasteiger partial charge in [-0.2, -0.15) is 13.2 Å². The zero-order valence-corrected chi connectivity index (χ0v) is 13.6. The Hall–Kier alpha value is -2.35. The molecule has 25 heavy (non-hydrogen) atoms. The predicted octanol–water partition coefficient (Wildman–Crippen LogP) is 4.12. The van der Waals surface area contributed by atoms with E-state index in [9.17, 15) is 13.2 Å². The SMILES string of the molecule is FC(F)(F)c1nc(NC2CC2)c2ncn(Cc3ccc(Cl)cc3)c2n1. The average Bonchev–Trinajstić information content (AvgIpc) is 3.28. The number of nitrogens with zero attached hydrogens (tertiary/aromatic N) is 4. The number of benzene rings is 1. The van der Waals surface area contributed by atoms with Crippen molar-refractivity contribution in [3.05, 3.63) is 47.0 Å². The van der Waals surface area contributed by atoms with Gasteiger partial charge in [-0.3, -0.25) is 0 Å². The Morgan fingerprint density at radius 3 is 2.52 bits per heavy atom. The first-order valence-corrected chi connectivity index (χ1v) is 8.09. The van der Waals surface area contributed by atoms with Gasteiger partial charge in [-0.15, -0.1) is 0 Å². The van der Waals surface area contributed by atoms with E-state index in [2.05, 4.69) is 20.3 Å². The number of fused-ring (bicyclic) bond motifs is 1. The molecule has 0 bridgehead atoms. The largest absolute Gasteiger partial charge is 0.451 e. The number of hydrogen-bond acceptors (Lipinski definition) is 4. The van der Waals surface area contributed by atoms with Gasteiger partial charge in [0.25, 0.3) is 0 Å². The maximum absolute atomic E-state index is 13.2. The molecule has 2 aromatic heterocycles. The number of hydrogen-bond donors (Lipinski definition) is 1. The van der Waals surface area contributed by atoms with E-state index in [0.717, 1.165) is 18.4 Å². The van der Waals surface area contributed by atoms with E-state index in [-0.39, 0.29) is 17.5 Å². The highest BCUT2D eigenvalue weighted by Gasteiger charge is 2.37. The van der Waals surface area contributed by atoms with Crippen molar-refractivity contribution in [2.24, 2.45) is 0 Å². The maximum atomic E-state index is 13.2. The van der Waals surface area contributed by atoms with Crippen LogP contribution < -0.4 is 5.32 Å². The van der Waals surface area contributed by atoms with Crippen LogP contribution in [0.5, 0.6) is 0 Å². The fourth-order valence-electron chi connectivity index (χ4n) is 2.49. The van der Waals surface area contributed by atoms with Crippen LogP contribution in [0.25, 0.3) is 11.2 Å². The normalized spacial score (nSPS) is 14.9. The summed E-state index contributed by atoms with van der Waals surface area (Å²) >= 11 is 5.86. The molecule has 0 radical (unpaired) electrons. The molecule has 0 amide bonds. The van der Waals surface area contributed by atoms with Crippen LogP contribution in [0.1, 0.15) is 24.2 Å². The molecule has 4 rings (SSSR count). The average molecular weight is 368 g/mol. The number of halogens is 4.